The first kappa shape index (κ1) is 9.60. The minimum atomic E-state index is -0.843. The average Bonchev–Trinajstić information content (AvgIpc) is 1.84. The van der Waals surface area contributed by atoms with Crippen molar-refractivity contribution in [1.82, 2.24) is 8.46 Å². The van der Waals surface area contributed by atoms with Crippen molar-refractivity contribution in [2.75, 3.05) is 0 Å². The molecule has 1 heterocycles. The molecule has 1 aliphatic rings. The second-order valence-electron chi connectivity index (χ2n) is 3.55. The van der Waals surface area contributed by atoms with Gasteiger partial charge in [-0.3, -0.25) is 0 Å². The second-order valence-corrected chi connectivity index (χ2v) is 9.49. The molecule has 0 atom stereocenters. The summed E-state index contributed by atoms with van der Waals surface area (Å²) in [4.78, 5) is 0. The van der Waals surface area contributed by atoms with E-state index < -0.39 is 18.2 Å². The standard InChI is InChI=1S/C8H18N2Si2/c1-7(2)9-11(5)10(8(3)4)12(9)6/h11-12H,1,3H2,2,4-6H3. The molecule has 1 fully saturated rings. The van der Waals surface area contributed by atoms with Crippen LogP contribution in [0.1, 0.15) is 13.8 Å². The first-order valence-corrected chi connectivity index (χ1v) is 8.72. The molecule has 1 rings (SSSR count). The fourth-order valence-electron chi connectivity index (χ4n) is 2.10. The molecule has 0 saturated carbocycles. The lowest BCUT2D eigenvalue weighted by molar-refractivity contribution is 0.556. The molecule has 0 amide bonds. The van der Waals surface area contributed by atoms with Crippen LogP contribution in [0.25, 0.3) is 0 Å². The number of hydrogen-bond acceptors (Lipinski definition) is 2. The summed E-state index contributed by atoms with van der Waals surface area (Å²) in [5.74, 6) is 0. The lowest BCUT2D eigenvalue weighted by atomic mass is 10.6. The number of nitrogens with zero attached hydrogens (tertiary/aromatic N) is 2. The minimum Gasteiger partial charge on any atom is -0.402 e. The van der Waals surface area contributed by atoms with Gasteiger partial charge >= 0.3 is 0 Å². The molecule has 0 aromatic heterocycles. The van der Waals surface area contributed by atoms with Crippen LogP contribution in [0.3, 0.4) is 0 Å². The third-order valence-corrected chi connectivity index (χ3v) is 12.7. The van der Waals surface area contributed by atoms with Gasteiger partial charge in [-0.05, 0) is 38.3 Å². The molecule has 1 saturated heterocycles. The SMILES string of the molecule is C=C(C)N1[SiH](C)N(C(=C)C)[SiH]1C. The minimum absolute atomic E-state index is 0.843. The monoisotopic (exact) mass is 198 g/mol. The summed E-state index contributed by atoms with van der Waals surface area (Å²) in [6.07, 6.45) is 0. The first-order chi connectivity index (χ1) is 5.46. The van der Waals surface area contributed by atoms with Gasteiger partial charge in [-0.2, -0.15) is 0 Å². The van der Waals surface area contributed by atoms with Crippen LogP contribution in [0.5, 0.6) is 0 Å². The van der Waals surface area contributed by atoms with Crippen molar-refractivity contribution in [3.05, 3.63) is 24.6 Å². The van der Waals surface area contributed by atoms with Gasteiger partial charge in [0.25, 0.3) is 0 Å². The Kier molecular flexibility index (Phi) is 2.48. The van der Waals surface area contributed by atoms with Crippen LogP contribution >= 0.6 is 0 Å². The van der Waals surface area contributed by atoms with E-state index in [1.807, 2.05) is 0 Å². The number of rotatable bonds is 2. The lowest BCUT2D eigenvalue weighted by Gasteiger charge is -2.57. The van der Waals surface area contributed by atoms with Crippen molar-refractivity contribution in [1.29, 1.82) is 0 Å². The Morgan fingerprint density at radius 2 is 1.17 bits per heavy atom. The van der Waals surface area contributed by atoms with E-state index in [2.05, 4.69) is 48.6 Å². The molecule has 0 unspecified atom stereocenters. The smallest absolute Gasteiger partial charge is 0.229 e. The summed E-state index contributed by atoms with van der Waals surface area (Å²) in [5.41, 5.74) is 2.51. The summed E-state index contributed by atoms with van der Waals surface area (Å²) in [5, 5.41) is 0. The van der Waals surface area contributed by atoms with E-state index >= 15 is 0 Å². The predicted molar refractivity (Wildman–Crippen MR) is 59.3 cm³/mol. The fourth-order valence-corrected chi connectivity index (χ4v) is 10.9. The summed E-state index contributed by atoms with van der Waals surface area (Å²) in [6, 6.07) is 0. The third-order valence-electron chi connectivity index (χ3n) is 2.49. The van der Waals surface area contributed by atoms with E-state index in [1.54, 1.807) is 0 Å². The van der Waals surface area contributed by atoms with E-state index in [9.17, 15) is 0 Å². The van der Waals surface area contributed by atoms with Crippen LogP contribution in [0.4, 0.5) is 0 Å². The Balaban J connectivity index is 2.68. The fraction of sp³-hybridized carbons (Fsp3) is 0.500. The quantitative estimate of drug-likeness (QED) is 0.619. The van der Waals surface area contributed by atoms with Gasteiger partial charge in [0.15, 0.2) is 0 Å². The van der Waals surface area contributed by atoms with E-state index in [-0.39, 0.29) is 0 Å². The maximum absolute atomic E-state index is 4.01. The molecule has 0 radical (unpaired) electrons. The summed E-state index contributed by atoms with van der Waals surface area (Å²) in [6.45, 7) is 16.9. The maximum atomic E-state index is 4.01. The van der Waals surface area contributed by atoms with Gasteiger partial charge in [0.2, 0.25) is 18.2 Å². The molecule has 0 bridgehead atoms. The highest BCUT2D eigenvalue weighted by Crippen LogP contribution is 2.27. The van der Waals surface area contributed by atoms with Gasteiger partial charge in [-0.15, -0.1) is 0 Å². The zero-order valence-electron chi connectivity index (χ0n) is 8.46. The predicted octanol–water partition coefficient (Wildman–Crippen LogP) is 1.37. The largest absolute Gasteiger partial charge is 0.402 e. The zero-order valence-corrected chi connectivity index (χ0v) is 10.8. The lowest BCUT2D eigenvalue weighted by Crippen LogP contribution is -2.73. The van der Waals surface area contributed by atoms with Gasteiger partial charge in [-0.1, -0.05) is 13.2 Å². The van der Waals surface area contributed by atoms with Gasteiger partial charge in [0.1, 0.15) is 0 Å². The Bertz CT molecular complexity index is 195. The molecule has 1 aliphatic heterocycles. The topological polar surface area (TPSA) is 6.48 Å². The summed E-state index contributed by atoms with van der Waals surface area (Å²) in [7, 11) is -1.69. The van der Waals surface area contributed by atoms with Crippen LogP contribution in [-0.2, 0) is 0 Å². The van der Waals surface area contributed by atoms with Crippen LogP contribution in [-0.4, -0.2) is 26.7 Å². The Hall–Kier alpha value is -0.486. The van der Waals surface area contributed by atoms with Crippen LogP contribution in [0, 0.1) is 0 Å². The summed E-state index contributed by atoms with van der Waals surface area (Å²) < 4.78 is 5.13. The van der Waals surface area contributed by atoms with Crippen molar-refractivity contribution in [3.8, 4) is 0 Å². The van der Waals surface area contributed by atoms with Crippen molar-refractivity contribution < 1.29 is 0 Å². The normalized spacial score (nSPS) is 28.3. The van der Waals surface area contributed by atoms with E-state index in [0.717, 1.165) is 0 Å². The second kappa shape index (κ2) is 3.10. The molecular formula is C8H18N2Si2. The van der Waals surface area contributed by atoms with Crippen molar-refractivity contribution in [2.45, 2.75) is 26.9 Å². The molecule has 0 aromatic rings. The van der Waals surface area contributed by atoms with Crippen molar-refractivity contribution in [2.24, 2.45) is 0 Å². The zero-order chi connectivity index (χ0) is 9.46. The molecule has 0 aromatic carbocycles. The number of hydrogen-bond donors (Lipinski definition) is 0. The van der Waals surface area contributed by atoms with Crippen LogP contribution in [0.2, 0.25) is 13.1 Å². The highest BCUT2D eigenvalue weighted by molar-refractivity contribution is 6.85. The molecule has 0 aliphatic carbocycles. The summed E-state index contributed by atoms with van der Waals surface area (Å²) >= 11 is 0. The Morgan fingerprint density at radius 3 is 1.33 bits per heavy atom. The van der Waals surface area contributed by atoms with Gasteiger partial charge in [0, 0.05) is 0 Å². The van der Waals surface area contributed by atoms with Crippen molar-refractivity contribution >= 4 is 18.2 Å². The van der Waals surface area contributed by atoms with Crippen LogP contribution < -0.4 is 0 Å². The highest BCUT2D eigenvalue weighted by Gasteiger charge is 2.41. The van der Waals surface area contributed by atoms with E-state index in [0.29, 0.717) is 0 Å². The molecule has 4 heteroatoms. The van der Waals surface area contributed by atoms with Crippen LogP contribution in [0.15, 0.2) is 24.6 Å². The third kappa shape index (κ3) is 1.25. The Labute approximate surface area is 78.7 Å². The molecular weight excluding hydrogens is 180 g/mol. The number of allylic oxidation sites excluding steroid dienone is 2. The first-order valence-electron chi connectivity index (χ1n) is 4.34. The van der Waals surface area contributed by atoms with E-state index in [4.69, 9.17) is 0 Å². The van der Waals surface area contributed by atoms with E-state index in [1.165, 1.54) is 11.4 Å². The highest BCUT2D eigenvalue weighted by atomic mass is 28.4. The average molecular weight is 198 g/mol. The van der Waals surface area contributed by atoms with Gasteiger partial charge < -0.3 is 8.46 Å². The van der Waals surface area contributed by atoms with Gasteiger partial charge in [-0.25, -0.2) is 0 Å². The Morgan fingerprint density at radius 1 is 0.917 bits per heavy atom. The molecule has 0 N–H and O–H groups in total. The maximum Gasteiger partial charge on any atom is 0.229 e. The molecule has 2 nitrogen and oxygen atoms in total. The van der Waals surface area contributed by atoms with Crippen molar-refractivity contribution in [3.63, 3.8) is 0 Å². The molecule has 12 heavy (non-hydrogen) atoms. The molecule has 0 spiro atoms. The van der Waals surface area contributed by atoms with Gasteiger partial charge in [0.05, 0.1) is 0 Å². The molecule has 68 valence electrons.